The lowest BCUT2D eigenvalue weighted by Crippen LogP contribution is -2.34. The van der Waals surface area contributed by atoms with Gasteiger partial charge in [-0.1, -0.05) is 29.0 Å². The summed E-state index contributed by atoms with van der Waals surface area (Å²) >= 11 is 2.89. The number of thiazole rings is 1. The van der Waals surface area contributed by atoms with Gasteiger partial charge in [0, 0.05) is 11.4 Å². The van der Waals surface area contributed by atoms with Crippen LogP contribution in [0.3, 0.4) is 0 Å². The first-order valence-electron chi connectivity index (χ1n) is 9.13. The number of aryl methyl sites for hydroxylation is 1. The minimum atomic E-state index is -0.289. The highest BCUT2D eigenvalue weighted by atomic mass is 32.2. The van der Waals surface area contributed by atoms with E-state index in [-0.39, 0.29) is 11.7 Å². The molecule has 0 aliphatic rings. The lowest BCUT2D eigenvalue weighted by Gasteiger charge is -2.21. The Hall–Kier alpha value is -1.96. The molecule has 0 radical (unpaired) electrons. The van der Waals surface area contributed by atoms with Crippen LogP contribution in [-0.4, -0.2) is 48.7 Å². The molecule has 148 valence electrons. The zero-order chi connectivity index (χ0) is 20.1. The van der Waals surface area contributed by atoms with Gasteiger partial charge < -0.3 is 4.90 Å². The number of benzene rings is 2. The molecule has 0 fully saturated rings. The SMILES string of the molecule is Cc1ccc(SCC(=O)N(CCCN(C)C)c2nc3ccc(F)cc3s2)cc1. The molecule has 28 heavy (non-hydrogen) atoms. The zero-order valence-corrected chi connectivity index (χ0v) is 17.9. The Morgan fingerprint density at radius 3 is 2.61 bits per heavy atom. The number of thioether (sulfide) groups is 1. The van der Waals surface area contributed by atoms with Crippen molar-refractivity contribution in [1.82, 2.24) is 9.88 Å². The molecule has 3 rings (SSSR count). The van der Waals surface area contributed by atoms with Crippen molar-refractivity contribution < 1.29 is 9.18 Å². The summed E-state index contributed by atoms with van der Waals surface area (Å²) in [6, 6.07) is 12.7. The van der Waals surface area contributed by atoms with Crippen LogP contribution < -0.4 is 4.90 Å². The Morgan fingerprint density at radius 2 is 1.89 bits per heavy atom. The number of halogens is 1. The summed E-state index contributed by atoms with van der Waals surface area (Å²) in [7, 11) is 4.03. The smallest absolute Gasteiger partial charge is 0.239 e. The first kappa shape index (κ1) is 20.8. The number of amides is 1. The van der Waals surface area contributed by atoms with Crippen LogP contribution >= 0.6 is 23.1 Å². The van der Waals surface area contributed by atoms with Gasteiger partial charge in [0.25, 0.3) is 0 Å². The van der Waals surface area contributed by atoms with E-state index in [1.165, 1.54) is 40.8 Å². The van der Waals surface area contributed by atoms with Crippen molar-refractivity contribution in [3.8, 4) is 0 Å². The molecule has 0 saturated heterocycles. The first-order chi connectivity index (χ1) is 13.4. The number of fused-ring (bicyclic) bond motifs is 1. The van der Waals surface area contributed by atoms with Gasteiger partial charge in [-0.05, 0) is 64.3 Å². The molecule has 1 aromatic heterocycles. The molecule has 0 saturated carbocycles. The predicted octanol–water partition coefficient (Wildman–Crippen LogP) is 4.82. The third-order valence-corrected chi connectivity index (χ3v) is 6.28. The number of anilines is 1. The van der Waals surface area contributed by atoms with Crippen LogP contribution in [0.15, 0.2) is 47.4 Å². The minimum Gasteiger partial charge on any atom is -0.309 e. The van der Waals surface area contributed by atoms with Gasteiger partial charge in [0.05, 0.1) is 16.0 Å². The Kier molecular flexibility index (Phi) is 7.04. The first-order valence-corrected chi connectivity index (χ1v) is 10.9. The van der Waals surface area contributed by atoms with E-state index in [2.05, 4.69) is 9.88 Å². The fourth-order valence-electron chi connectivity index (χ4n) is 2.73. The fraction of sp³-hybridized carbons (Fsp3) is 0.333. The Labute approximate surface area is 173 Å². The van der Waals surface area contributed by atoms with Gasteiger partial charge in [0.1, 0.15) is 5.82 Å². The standard InChI is InChI=1S/C21H24FN3OS2/c1-15-5-8-17(9-6-15)27-14-20(26)25(12-4-11-24(2)3)21-23-18-10-7-16(22)13-19(18)28-21/h5-10,13H,4,11-12,14H2,1-3H3. The van der Waals surface area contributed by atoms with Gasteiger partial charge in [0.15, 0.2) is 5.13 Å². The van der Waals surface area contributed by atoms with Crippen molar-refractivity contribution in [2.24, 2.45) is 0 Å². The Bertz CT molecular complexity index is 940. The number of rotatable bonds is 8. The van der Waals surface area contributed by atoms with Crippen molar-refractivity contribution in [3.05, 3.63) is 53.8 Å². The molecule has 7 heteroatoms. The number of aromatic nitrogens is 1. The Balaban J connectivity index is 1.76. The highest BCUT2D eigenvalue weighted by molar-refractivity contribution is 8.00. The third-order valence-electron chi connectivity index (χ3n) is 4.24. The molecular formula is C21H24FN3OS2. The number of hydrogen-bond donors (Lipinski definition) is 0. The van der Waals surface area contributed by atoms with Crippen molar-refractivity contribution in [2.45, 2.75) is 18.2 Å². The molecule has 0 atom stereocenters. The summed E-state index contributed by atoms with van der Waals surface area (Å²) in [6.07, 6.45) is 0.845. The van der Waals surface area contributed by atoms with Crippen LogP contribution in [0.25, 0.3) is 10.2 Å². The molecule has 1 amide bonds. The van der Waals surface area contributed by atoms with E-state index in [1.807, 2.05) is 45.3 Å². The molecule has 0 bridgehead atoms. The second-order valence-corrected chi connectivity index (χ2v) is 8.97. The maximum absolute atomic E-state index is 13.5. The maximum atomic E-state index is 13.5. The van der Waals surface area contributed by atoms with Crippen molar-refractivity contribution >= 4 is 44.4 Å². The summed E-state index contributed by atoms with van der Waals surface area (Å²) in [4.78, 5) is 22.5. The van der Waals surface area contributed by atoms with Gasteiger partial charge >= 0.3 is 0 Å². The number of carbonyl (C=O) groups is 1. The predicted molar refractivity (Wildman–Crippen MR) is 117 cm³/mol. The molecule has 0 unspecified atom stereocenters. The lowest BCUT2D eigenvalue weighted by atomic mass is 10.2. The van der Waals surface area contributed by atoms with Crippen molar-refractivity contribution in [3.63, 3.8) is 0 Å². The topological polar surface area (TPSA) is 36.4 Å². The second kappa shape index (κ2) is 9.49. The van der Waals surface area contributed by atoms with Gasteiger partial charge in [-0.25, -0.2) is 9.37 Å². The van der Waals surface area contributed by atoms with Gasteiger partial charge in [0.2, 0.25) is 5.91 Å². The third kappa shape index (κ3) is 5.53. The number of carbonyl (C=O) groups excluding carboxylic acids is 1. The summed E-state index contributed by atoms with van der Waals surface area (Å²) in [5.41, 5.74) is 1.92. The van der Waals surface area contributed by atoms with Crippen LogP contribution in [-0.2, 0) is 4.79 Å². The van der Waals surface area contributed by atoms with Gasteiger partial charge in [-0.3, -0.25) is 9.69 Å². The van der Waals surface area contributed by atoms with Gasteiger partial charge in [-0.2, -0.15) is 0 Å². The second-order valence-electron chi connectivity index (χ2n) is 6.91. The summed E-state index contributed by atoms with van der Waals surface area (Å²) in [5, 5.41) is 0.633. The van der Waals surface area contributed by atoms with E-state index >= 15 is 0 Å². The van der Waals surface area contributed by atoms with Gasteiger partial charge in [-0.15, -0.1) is 11.8 Å². The van der Waals surface area contributed by atoms with Crippen LogP contribution in [0.5, 0.6) is 0 Å². The van der Waals surface area contributed by atoms with E-state index in [4.69, 9.17) is 0 Å². The normalized spacial score (nSPS) is 11.3. The van der Waals surface area contributed by atoms with E-state index < -0.39 is 0 Å². The molecule has 1 heterocycles. The largest absolute Gasteiger partial charge is 0.309 e. The van der Waals surface area contributed by atoms with Crippen LogP contribution in [0.1, 0.15) is 12.0 Å². The summed E-state index contributed by atoms with van der Waals surface area (Å²) in [6.45, 7) is 3.52. The fourth-order valence-corrected chi connectivity index (χ4v) is 4.54. The summed E-state index contributed by atoms with van der Waals surface area (Å²) < 4.78 is 14.3. The monoisotopic (exact) mass is 417 g/mol. The maximum Gasteiger partial charge on any atom is 0.239 e. The van der Waals surface area contributed by atoms with E-state index in [1.54, 1.807) is 11.0 Å². The molecule has 0 N–H and O–H groups in total. The lowest BCUT2D eigenvalue weighted by molar-refractivity contribution is -0.116. The molecule has 4 nitrogen and oxygen atoms in total. The highest BCUT2D eigenvalue weighted by Gasteiger charge is 2.20. The van der Waals surface area contributed by atoms with Crippen LogP contribution in [0.4, 0.5) is 9.52 Å². The molecular weight excluding hydrogens is 393 g/mol. The van der Waals surface area contributed by atoms with Crippen molar-refractivity contribution in [1.29, 1.82) is 0 Å². The summed E-state index contributed by atoms with van der Waals surface area (Å²) in [5.74, 6) is 0.0712. The average Bonchev–Trinajstić information content (AvgIpc) is 3.07. The quantitative estimate of drug-likeness (QED) is 0.492. The molecule has 3 aromatic rings. The van der Waals surface area contributed by atoms with E-state index in [0.29, 0.717) is 17.4 Å². The average molecular weight is 418 g/mol. The van der Waals surface area contributed by atoms with Crippen molar-refractivity contribution in [2.75, 3.05) is 37.8 Å². The molecule has 0 spiro atoms. The van der Waals surface area contributed by atoms with E-state index in [0.717, 1.165) is 28.1 Å². The number of hydrogen-bond acceptors (Lipinski definition) is 5. The zero-order valence-electron chi connectivity index (χ0n) is 16.3. The molecule has 0 aliphatic carbocycles. The molecule has 0 aliphatic heterocycles. The van der Waals surface area contributed by atoms with Crippen LogP contribution in [0, 0.1) is 12.7 Å². The minimum absolute atomic E-state index is 0.0175. The highest BCUT2D eigenvalue weighted by Crippen LogP contribution is 2.30. The van der Waals surface area contributed by atoms with Crippen LogP contribution in [0.2, 0.25) is 0 Å². The van der Waals surface area contributed by atoms with E-state index in [9.17, 15) is 9.18 Å². The Morgan fingerprint density at radius 1 is 1.14 bits per heavy atom. The number of nitrogens with zero attached hydrogens (tertiary/aromatic N) is 3. The molecule has 2 aromatic carbocycles.